The maximum absolute atomic E-state index is 12.3. The molecular weight excluding hydrogens is 376 g/mol. The zero-order valence-electron chi connectivity index (χ0n) is 15.8. The number of rotatable bonds is 7. The average Bonchev–Trinajstić information content (AvgIpc) is 3.43. The van der Waals surface area contributed by atoms with Crippen molar-refractivity contribution >= 4 is 15.7 Å². The standard InChI is InChI=1S/C19H22N6O2S/c1-24(2)28(26,27)18-5-3-4-14(12-18)13-20-16-8-6-15(7-9-16)19-21-22-23-25(19)17-10-11-17/h3-9,12,17,20H,10-11,13H2,1-2H3. The van der Waals surface area contributed by atoms with E-state index in [1.807, 2.05) is 35.0 Å². The zero-order chi connectivity index (χ0) is 19.7. The third-order valence-corrected chi connectivity index (χ3v) is 6.51. The van der Waals surface area contributed by atoms with Crippen molar-refractivity contribution in [2.24, 2.45) is 0 Å². The van der Waals surface area contributed by atoms with Crippen LogP contribution >= 0.6 is 0 Å². The summed E-state index contributed by atoms with van der Waals surface area (Å²) in [7, 11) is -0.376. The van der Waals surface area contributed by atoms with Crippen LogP contribution in [-0.2, 0) is 16.6 Å². The highest BCUT2D eigenvalue weighted by Crippen LogP contribution is 2.36. The molecule has 1 aliphatic rings. The van der Waals surface area contributed by atoms with Crippen molar-refractivity contribution in [3.8, 4) is 11.4 Å². The summed E-state index contributed by atoms with van der Waals surface area (Å²) in [5.74, 6) is 0.788. The van der Waals surface area contributed by atoms with E-state index >= 15 is 0 Å². The lowest BCUT2D eigenvalue weighted by Crippen LogP contribution is -2.22. The molecule has 0 unspecified atom stereocenters. The lowest BCUT2D eigenvalue weighted by atomic mass is 10.2. The number of benzene rings is 2. The van der Waals surface area contributed by atoms with Gasteiger partial charge < -0.3 is 5.32 Å². The van der Waals surface area contributed by atoms with Gasteiger partial charge in [0.15, 0.2) is 5.82 Å². The van der Waals surface area contributed by atoms with Crippen LogP contribution in [0.3, 0.4) is 0 Å². The van der Waals surface area contributed by atoms with E-state index in [0.717, 1.165) is 35.5 Å². The van der Waals surface area contributed by atoms with E-state index in [1.165, 1.54) is 18.4 Å². The van der Waals surface area contributed by atoms with Gasteiger partial charge in [-0.2, -0.15) is 0 Å². The van der Waals surface area contributed by atoms with E-state index in [4.69, 9.17) is 0 Å². The fraction of sp³-hybridized carbons (Fsp3) is 0.316. The van der Waals surface area contributed by atoms with Gasteiger partial charge in [-0.1, -0.05) is 12.1 Å². The highest BCUT2D eigenvalue weighted by molar-refractivity contribution is 7.89. The number of hydrogen-bond donors (Lipinski definition) is 1. The molecule has 0 bridgehead atoms. The number of anilines is 1. The molecule has 1 aliphatic carbocycles. The van der Waals surface area contributed by atoms with Gasteiger partial charge in [-0.15, -0.1) is 5.10 Å². The molecule has 2 aromatic carbocycles. The Morgan fingerprint density at radius 1 is 1.14 bits per heavy atom. The highest BCUT2D eigenvalue weighted by Gasteiger charge is 2.28. The summed E-state index contributed by atoms with van der Waals surface area (Å²) in [6.07, 6.45) is 2.25. The molecule has 1 heterocycles. The van der Waals surface area contributed by atoms with Crippen molar-refractivity contribution in [3.05, 3.63) is 54.1 Å². The molecule has 0 amide bonds. The number of aromatic nitrogens is 4. The van der Waals surface area contributed by atoms with Gasteiger partial charge in [-0.3, -0.25) is 0 Å². The summed E-state index contributed by atoms with van der Waals surface area (Å²) >= 11 is 0. The molecule has 0 saturated heterocycles. The molecule has 28 heavy (non-hydrogen) atoms. The Kier molecular flexibility index (Phi) is 4.86. The van der Waals surface area contributed by atoms with Crippen LogP contribution in [0.4, 0.5) is 5.69 Å². The van der Waals surface area contributed by atoms with Crippen LogP contribution in [0, 0.1) is 0 Å². The van der Waals surface area contributed by atoms with Crippen molar-refractivity contribution in [1.29, 1.82) is 0 Å². The first kappa shape index (κ1) is 18.6. The predicted molar refractivity (Wildman–Crippen MR) is 106 cm³/mol. The number of tetrazole rings is 1. The van der Waals surface area contributed by atoms with Crippen LogP contribution in [0.25, 0.3) is 11.4 Å². The average molecular weight is 398 g/mol. The Balaban J connectivity index is 1.45. The van der Waals surface area contributed by atoms with Crippen LogP contribution in [0.5, 0.6) is 0 Å². The normalized spacial score (nSPS) is 14.4. The summed E-state index contributed by atoms with van der Waals surface area (Å²) in [5, 5.41) is 15.3. The monoisotopic (exact) mass is 398 g/mol. The smallest absolute Gasteiger partial charge is 0.242 e. The largest absolute Gasteiger partial charge is 0.381 e. The van der Waals surface area contributed by atoms with Gasteiger partial charge >= 0.3 is 0 Å². The lowest BCUT2D eigenvalue weighted by molar-refractivity contribution is 0.520. The molecule has 146 valence electrons. The molecule has 8 nitrogen and oxygen atoms in total. The van der Waals surface area contributed by atoms with Crippen molar-refractivity contribution in [3.63, 3.8) is 0 Å². The summed E-state index contributed by atoms with van der Waals surface area (Å²) in [6, 6.07) is 15.3. The van der Waals surface area contributed by atoms with Gasteiger partial charge in [-0.05, 0) is 65.2 Å². The van der Waals surface area contributed by atoms with Gasteiger partial charge in [-0.25, -0.2) is 17.4 Å². The molecule has 4 rings (SSSR count). The van der Waals surface area contributed by atoms with Gasteiger partial charge in [0.05, 0.1) is 10.9 Å². The van der Waals surface area contributed by atoms with E-state index < -0.39 is 10.0 Å². The van der Waals surface area contributed by atoms with E-state index in [1.54, 1.807) is 18.2 Å². The van der Waals surface area contributed by atoms with Crippen LogP contribution in [0.15, 0.2) is 53.4 Å². The fourth-order valence-corrected chi connectivity index (χ4v) is 3.89. The van der Waals surface area contributed by atoms with Gasteiger partial charge in [0.1, 0.15) is 0 Å². The van der Waals surface area contributed by atoms with Crippen molar-refractivity contribution < 1.29 is 8.42 Å². The van der Waals surface area contributed by atoms with Gasteiger partial charge in [0.25, 0.3) is 0 Å². The number of hydrogen-bond acceptors (Lipinski definition) is 6. The molecule has 0 atom stereocenters. The van der Waals surface area contributed by atoms with Crippen molar-refractivity contribution in [2.45, 2.75) is 30.3 Å². The SMILES string of the molecule is CN(C)S(=O)(=O)c1cccc(CNc2ccc(-c3nnnn3C3CC3)cc2)c1. The minimum atomic E-state index is -3.43. The first-order valence-corrected chi connectivity index (χ1v) is 10.5. The summed E-state index contributed by atoms with van der Waals surface area (Å²) in [5.41, 5.74) is 2.81. The molecule has 0 aliphatic heterocycles. The summed E-state index contributed by atoms with van der Waals surface area (Å²) < 4.78 is 27.7. The first-order valence-electron chi connectivity index (χ1n) is 9.09. The van der Waals surface area contributed by atoms with E-state index in [-0.39, 0.29) is 0 Å². The Morgan fingerprint density at radius 3 is 2.57 bits per heavy atom. The maximum Gasteiger partial charge on any atom is 0.242 e. The third kappa shape index (κ3) is 3.76. The molecule has 1 fully saturated rings. The molecule has 1 aromatic heterocycles. The Labute approximate surface area is 164 Å². The molecule has 1 N–H and O–H groups in total. The van der Waals surface area contributed by atoms with Crippen LogP contribution in [0.1, 0.15) is 24.4 Å². The molecular formula is C19H22N6O2S. The Bertz CT molecular complexity index is 1070. The second-order valence-electron chi connectivity index (χ2n) is 7.04. The quantitative estimate of drug-likeness (QED) is 0.657. The van der Waals surface area contributed by atoms with E-state index in [0.29, 0.717) is 17.5 Å². The third-order valence-electron chi connectivity index (χ3n) is 4.70. The Morgan fingerprint density at radius 2 is 1.89 bits per heavy atom. The number of nitrogens with zero attached hydrogens (tertiary/aromatic N) is 5. The fourth-order valence-electron chi connectivity index (χ4n) is 2.92. The highest BCUT2D eigenvalue weighted by atomic mass is 32.2. The molecule has 1 saturated carbocycles. The van der Waals surface area contributed by atoms with Crippen LogP contribution in [0.2, 0.25) is 0 Å². The predicted octanol–water partition coefficient (Wildman–Crippen LogP) is 2.54. The second kappa shape index (κ2) is 7.33. The molecule has 9 heteroatoms. The second-order valence-corrected chi connectivity index (χ2v) is 9.20. The minimum absolute atomic E-state index is 0.291. The van der Waals surface area contributed by atoms with Crippen molar-refractivity contribution in [2.75, 3.05) is 19.4 Å². The van der Waals surface area contributed by atoms with Crippen LogP contribution < -0.4 is 5.32 Å². The summed E-state index contributed by atoms with van der Waals surface area (Å²) in [4.78, 5) is 0.291. The molecule has 0 spiro atoms. The van der Waals surface area contributed by atoms with Gasteiger partial charge in [0, 0.05) is 31.9 Å². The topological polar surface area (TPSA) is 93.0 Å². The summed E-state index contributed by atoms with van der Waals surface area (Å²) in [6.45, 7) is 0.524. The van der Waals surface area contributed by atoms with E-state index in [9.17, 15) is 8.42 Å². The molecule has 0 radical (unpaired) electrons. The maximum atomic E-state index is 12.3. The number of nitrogens with one attached hydrogen (secondary N) is 1. The van der Waals surface area contributed by atoms with Crippen LogP contribution in [-0.4, -0.2) is 47.0 Å². The van der Waals surface area contributed by atoms with E-state index in [2.05, 4.69) is 20.8 Å². The minimum Gasteiger partial charge on any atom is -0.381 e. The van der Waals surface area contributed by atoms with Crippen molar-refractivity contribution in [1.82, 2.24) is 24.5 Å². The zero-order valence-corrected chi connectivity index (χ0v) is 16.6. The van der Waals surface area contributed by atoms with Gasteiger partial charge in [0.2, 0.25) is 10.0 Å². The first-order chi connectivity index (χ1) is 13.4. The lowest BCUT2D eigenvalue weighted by Gasteiger charge is -2.13. The Hall–Kier alpha value is -2.78. The number of sulfonamides is 1. The molecule has 3 aromatic rings.